The first-order chi connectivity index (χ1) is 8.01. The Morgan fingerprint density at radius 1 is 1.50 bits per heavy atom. The lowest BCUT2D eigenvalue weighted by Gasteiger charge is -2.32. The average molecular weight is 279 g/mol. The van der Waals surface area contributed by atoms with E-state index in [0.29, 0.717) is 13.1 Å². The third-order valence-corrected chi connectivity index (χ3v) is 3.37. The minimum absolute atomic E-state index is 0. The summed E-state index contributed by atoms with van der Waals surface area (Å²) in [6.45, 7) is 8.09. The van der Waals surface area contributed by atoms with Crippen molar-refractivity contribution < 1.29 is 9.53 Å². The summed E-state index contributed by atoms with van der Waals surface area (Å²) >= 11 is 0. The average Bonchev–Trinajstić information content (AvgIpc) is 2.77. The Morgan fingerprint density at radius 2 is 2.17 bits per heavy atom. The number of rotatable bonds is 6. The summed E-state index contributed by atoms with van der Waals surface area (Å²) in [5, 5.41) is 0. The van der Waals surface area contributed by atoms with Crippen molar-refractivity contribution in [2.24, 2.45) is 5.73 Å². The number of hydrogen-bond donors (Lipinski definition) is 1. The predicted molar refractivity (Wildman–Crippen MR) is 76.0 cm³/mol. The van der Waals surface area contributed by atoms with Crippen molar-refractivity contribution in [3.05, 3.63) is 0 Å². The maximum atomic E-state index is 12.3. The molecule has 1 saturated heterocycles. The molecule has 18 heavy (non-hydrogen) atoms. The predicted octanol–water partition coefficient (Wildman–Crippen LogP) is 1.95. The van der Waals surface area contributed by atoms with Gasteiger partial charge in [-0.15, -0.1) is 12.4 Å². The van der Waals surface area contributed by atoms with E-state index in [1.54, 1.807) is 0 Å². The summed E-state index contributed by atoms with van der Waals surface area (Å²) in [7, 11) is 0. The Morgan fingerprint density at radius 3 is 2.61 bits per heavy atom. The highest BCUT2D eigenvalue weighted by atomic mass is 35.5. The van der Waals surface area contributed by atoms with Crippen LogP contribution in [0.4, 0.5) is 0 Å². The van der Waals surface area contributed by atoms with Gasteiger partial charge in [0.15, 0.2) is 0 Å². The first-order valence-corrected chi connectivity index (χ1v) is 6.71. The molecule has 0 aromatic carbocycles. The zero-order chi connectivity index (χ0) is 12.9. The van der Waals surface area contributed by atoms with Crippen LogP contribution in [0.3, 0.4) is 0 Å². The molecule has 0 aliphatic carbocycles. The van der Waals surface area contributed by atoms with Crippen LogP contribution in [0.1, 0.15) is 46.5 Å². The first kappa shape index (κ1) is 17.7. The molecule has 1 fully saturated rings. The van der Waals surface area contributed by atoms with Crippen LogP contribution < -0.4 is 5.73 Å². The molecule has 0 spiro atoms. The normalized spacial score (nSPS) is 22.1. The van der Waals surface area contributed by atoms with E-state index in [9.17, 15) is 4.79 Å². The Labute approximate surface area is 117 Å². The van der Waals surface area contributed by atoms with Gasteiger partial charge < -0.3 is 15.4 Å². The number of amides is 1. The van der Waals surface area contributed by atoms with E-state index >= 15 is 0 Å². The van der Waals surface area contributed by atoms with E-state index in [-0.39, 0.29) is 24.4 Å². The number of hydrogen-bond acceptors (Lipinski definition) is 3. The number of likely N-dealkylation sites (N-methyl/N-ethyl adjacent to an activating group) is 1. The highest BCUT2D eigenvalue weighted by Crippen LogP contribution is 2.17. The molecule has 108 valence electrons. The molecule has 0 radical (unpaired) electrons. The molecule has 2 unspecified atom stereocenters. The monoisotopic (exact) mass is 278 g/mol. The quantitative estimate of drug-likeness (QED) is 0.808. The fourth-order valence-corrected chi connectivity index (χ4v) is 2.38. The van der Waals surface area contributed by atoms with Gasteiger partial charge in [0.05, 0.1) is 11.6 Å². The largest absolute Gasteiger partial charge is 0.376 e. The van der Waals surface area contributed by atoms with Gasteiger partial charge in [-0.25, -0.2) is 0 Å². The molecule has 0 aromatic rings. The Kier molecular flexibility index (Phi) is 7.83. The molecule has 1 heterocycles. The zero-order valence-electron chi connectivity index (χ0n) is 11.8. The van der Waals surface area contributed by atoms with Crippen LogP contribution in [-0.4, -0.2) is 42.1 Å². The van der Waals surface area contributed by atoms with Crippen molar-refractivity contribution in [1.29, 1.82) is 0 Å². The summed E-state index contributed by atoms with van der Waals surface area (Å²) in [6, 6.07) is 0. The topological polar surface area (TPSA) is 55.6 Å². The maximum absolute atomic E-state index is 12.3. The van der Waals surface area contributed by atoms with Gasteiger partial charge in [0.25, 0.3) is 0 Å². The second-order valence-electron chi connectivity index (χ2n) is 5.15. The summed E-state index contributed by atoms with van der Waals surface area (Å²) in [4.78, 5) is 14.2. The van der Waals surface area contributed by atoms with Crippen molar-refractivity contribution >= 4 is 18.3 Å². The maximum Gasteiger partial charge on any atom is 0.242 e. The van der Waals surface area contributed by atoms with E-state index in [4.69, 9.17) is 10.5 Å². The third-order valence-electron chi connectivity index (χ3n) is 3.37. The molecular weight excluding hydrogens is 252 g/mol. The first-order valence-electron chi connectivity index (χ1n) is 6.71. The van der Waals surface area contributed by atoms with Crippen molar-refractivity contribution in [1.82, 2.24) is 4.90 Å². The van der Waals surface area contributed by atoms with Crippen LogP contribution in [-0.2, 0) is 9.53 Å². The van der Waals surface area contributed by atoms with Crippen LogP contribution in [0, 0.1) is 0 Å². The molecular formula is C13H27ClN2O2. The molecule has 2 N–H and O–H groups in total. The van der Waals surface area contributed by atoms with Gasteiger partial charge in [-0.3, -0.25) is 4.79 Å². The lowest BCUT2D eigenvalue weighted by molar-refractivity contribution is -0.138. The fourth-order valence-electron chi connectivity index (χ4n) is 2.38. The third kappa shape index (κ3) is 4.75. The molecule has 2 atom stereocenters. The number of carbonyl (C=O) groups excluding carboxylic acids is 1. The SMILES string of the molecule is CCCC(C)(N)C(=O)N(CC)CC1CCCO1.Cl. The van der Waals surface area contributed by atoms with Crippen LogP contribution in [0.25, 0.3) is 0 Å². The van der Waals surface area contributed by atoms with E-state index in [1.807, 2.05) is 18.7 Å². The van der Waals surface area contributed by atoms with Gasteiger partial charge in [0.2, 0.25) is 5.91 Å². The number of nitrogens with zero attached hydrogens (tertiary/aromatic N) is 1. The number of carbonyl (C=O) groups is 1. The second-order valence-corrected chi connectivity index (χ2v) is 5.15. The molecule has 1 aliphatic heterocycles. The van der Waals surface area contributed by atoms with Crippen molar-refractivity contribution in [2.75, 3.05) is 19.7 Å². The van der Waals surface area contributed by atoms with E-state index in [0.717, 1.165) is 32.3 Å². The van der Waals surface area contributed by atoms with Crippen molar-refractivity contribution in [2.45, 2.75) is 58.1 Å². The van der Waals surface area contributed by atoms with Crippen LogP contribution in [0.15, 0.2) is 0 Å². The molecule has 4 nitrogen and oxygen atoms in total. The minimum atomic E-state index is -0.733. The van der Waals surface area contributed by atoms with E-state index in [2.05, 4.69) is 6.92 Å². The van der Waals surface area contributed by atoms with Gasteiger partial charge in [0.1, 0.15) is 0 Å². The summed E-state index contributed by atoms with van der Waals surface area (Å²) < 4.78 is 5.57. The molecule has 0 bridgehead atoms. The Balaban J connectivity index is 0.00000289. The van der Waals surface area contributed by atoms with Gasteiger partial charge in [-0.05, 0) is 33.1 Å². The minimum Gasteiger partial charge on any atom is -0.376 e. The van der Waals surface area contributed by atoms with Gasteiger partial charge in [-0.1, -0.05) is 13.3 Å². The Hall–Kier alpha value is -0.320. The molecule has 1 rings (SSSR count). The summed E-state index contributed by atoms with van der Waals surface area (Å²) in [5.74, 6) is 0.0531. The highest BCUT2D eigenvalue weighted by Gasteiger charge is 2.32. The Bertz CT molecular complexity index is 253. The highest BCUT2D eigenvalue weighted by molar-refractivity contribution is 5.85. The van der Waals surface area contributed by atoms with Gasteiger partial charge >= 0.3 is 0 Å². The number of halogens is 1. The fraction of sp³-hybridized carbons (Fsp3) is 0.923. The van der Waals surface area contributed by atoms with Gasteiger partial charge in [-0.2, -0.15) is 0 Å². The lowest BCUT2D eigenvalue weighted by Crippen LogP contribution is -2.54. The molecule has 1 amide bonds. The summed E-state index contributed by atoms with van der Waals surface area (Å²) in [5.41, 5.74) is 5.36. The molecule has 0 aromatic heterocycles. The second kappa shape index (κ2) is 7.97. The van der Waals surface area contributed by atoms with E-state index < -0.39 is 5.54 Å². The summed E-state index contributed by atoms with van der Waals surface area (Å²) in [6.07, 6.45) is 4.02. The molecule has 0 saturated carbocycles. The van der Waals surface area contributed by atoms with Crippen molar-refractivity contribution in [3.63, 3.8) is 0 Å². The zero-order valence-corrected chi connectivity index (χ0v) is 12.6. The van der Waals surface area contributed by atoms with E-state index in [1.165, 1.54) is 0 Å². The number of nitrogens with two attached hydrogens (primary N) is 1. The van der Waals surface area contributed by atoms with Crippen LogP contribution in [0.2, 0.25) is 0 Å². The number of ether oxygens (including phenoxy) is 1. The van der Waals surface area contributed by atoms with Crippen LogP contribution in [0.5, 0.6) is 0 Å². The molecule has 1 aliphatic rings. The standard InChI is InChI=1S/C13H26N2O2.ClH/c1-4-8-13(3,14)12(16)15(5-2)10-11-7-6-9-17-11;/h11H,4-10,14H2,1-3H3;1H. The van der Waals surface area contributed by atoms with Gasteiger partial charge in [0, 0.05) is 19.7 Å². The molecule has 5 heteroatoms. The van der Waals surface area contributed by atoms with Crippen molar-refractivity contribution in [3.8, 4) is 0 Å². The lowest BCUT2D eigenvalue weighted by atomic mass is 9.95. The van der Waals surface area contributed by atoms with Crippen LogP contribution >= 0.6 is 12.4 Å². The smallest absolute Gasteiger partial charge is 0.242 e.